The number of nitrogens with zero attached hydrogens (tertiary/aromatic N) is 2. The number of aliphatic imine (C=N–C) groups is 1. The molecule has 0 spiro atoms. The van der Waals surface area contributed by atoms with E-state index in [1.807, 2.05) is 14.0 Å². The van der Waals surface area contributed by atoms with E-state index in [0.29, 0.717) is 10.2 Å². The highest BCUT2D eigenvalue weighted by Gasteiger charge is 2.57. The van der Waals surface area contributed by atoms with Crippen molar-refractivity contribution in [1.29, 1.82) is 0 Å². The fourth-order valence-electron chi connectivity index (χ4n) is 2.56. The van der Waals surface area contributed by atoms with Crippen LogP contribution in [0.3, 0.4) is 0 Å². The maximum absolute atomic E-state index is 13.9. The molecule has 0 saturated heterocycles. The molecule has 2 aromatic rings. The van der Waals surface area contributed by atoms with Crippen molar-refractivity contribution in [1.82, 2.24) is 4.90 Å². The molecule has 0 saturated carbocycles. The number of hydrogen-bond acceptors (Lipinski definition) is 2. The van der Waals surface area contributed by atoms with E-state index in [0.717, 1.165) is 12.6 Å². The van der Waals surface area contributed by atoms with Gasteiger partial charge in [-0.25, -0.2) is 4.99 Å². The summed E-state index contributed by atoms with van der Waals surface area (Å²) in [5.41, 5.74) is -3.25. The first-order valence-corrected chi connectivity index (χ1v) is 9.28. The third-order valence-electron chi connectivity index (χ3n) is 4.25. The van der Waals surface area contributed by atoms with Crippen molar-refractivity contribution in [3.63, 3.8) is 0 Å². The van der Waals surface area contributed by atoms with Crippen LogP contribution in [0.5, 0.6) is 0 Å². The van der Waals surface area contributed by atoms with Gasteiger partial charge in [-0.3, -0.25) is 0 Å². The number of benzene rings is 2. The van der Waals surface area contributed by atoms with Crippen LogP contribution in [0.15, 0.2) is 45.9 Å². The Kier molecular flexibility index (Phi) is 6.60. The molecule has 0 aromatic heterocycles. The molecule has 1 atom stereocenters. The molecule has 3 nitrogen and oxygen atoms in total. The molecule has 2 rings (SSSR count). The molecule has 0 aliphatic heterocycles. The van der Waals surface area contributed by atoms with Gasteiger partial charge in [-0.15, -0.1) is 0 Å². The summed E-state index contributed by atoms with van der Waals surface area (Å²) in [6.07, 6.45) is -3.40. The number of aliphatic hydroxyl groups is 1. The normalized spacial score (nSPS) is 14.4. The predicted octanol–water partition coefficient (Wildman–Crippen LogP) is 5.82. The first-order chi connectivity index (χ1) is 12.5. The molecule has 27 heavy (non-hydrogen) atoms. The Morgan fingerprint density at radius 1 is 1.22 bits per heavy atom. The van der Waals surface area contributed by atoms with Crippen LogP contribution in [0.1, 0.15) is 23.6 Å². The Bertz CT molecular complexity index is 840. The Labute approximate surface area is 169 Å². The predicted molar refractivity (Wildman–Crippen MR) is 106 cm³/mol. The van der Waals surface area contributed by atoms with Gasteiger partial charge in [0.25, 0.3) is 0 Å². The maximum atomic E-state index is 13.9. The van der Waals surface area contributed by atoms with E-state index in [1.165, 1.54) is 37.3 Å². The standard InChI is InChI=1S/C19H19BrClF3N2O/c1-4-26(3)11-25-17-9-12(2)15(10-16(17)21)18(27,19(22,23)24)13-5-7-14(20)8-6-13/h5-11,27H,4H2,1-3H3. The molecule has 8 heteroatoms. The van der Waals surface area contributed by atoms with Crippen molar-refractivity contribution >= 4 is 39.6 Å². The summed E-state index contributed by atoms with van der Waals surface area (Å²) in [6.45, 7) is 4.14. The molecule has 2 aromatic carbocycles. The quantitative estimate of drug-likeness (QED) is 0.448. The zero-order valence-corrected chi connectivity index (χ0v) is 17.3. The molecule has 0 amide bonds. The molecule has 0 bridgehead atoms. The first kappa shape index (κ1) is 21.7. The van der Waals surface area contributed by atoms with Crippen LogP contribution in [-0.2, 0) is 5.60 Å². The average molecular weight is 464 g/mol. The number of alkyl halides is 3. The number of halogens is 5. The molecule has 0 aliphatic carbocycles. The lowest BCUT2D eigenvalue weighted by Gasteiger charge is -2.33. The van der Waals surface area contributed by atoms with Gasteiger partial charge in [-0.05, 0) is 49.2 Å². The van der Waals surface area contributed by atoms with Crippen LogP contribution in [0.2, 0.25) is 5.02 Å². The maximum Gasteiger partial charge on any atom is 0.425 e. The van der Waals surface area contributed by atoms with Crippen molar-refractivity contribution < 1.29 is 18.3 Å². The lowest BCUT2D eigenvalue weighted by Crippen LogP contribution is -2.43. The second-order valence-electron chi connectivity index (χ2n) is 6.15. The minimum absolute atomic E-state index is 0.0242. The average Bonchev–Trinajstić information content (AvgIpc) is 2.60. The summed E-state index contributed by atoms with van der Waals surface area (Å²) in [4.78, 5) is 6.01. The van der Waals surface area contributed by atoms with Gasteiger partial charge in [0.2, 0.25) is 5.60 Å². The van der Waals surface area contributed by atoms with Crippen LogP contribution in [0.4, 0.5) is 18.9 Å². The van der Waals surface area contributed by atoms with Gasteiger partial charge in [0.15, 0.2) is 0 Å². The molecule has 146 valence electrons. The van der Waals surface area contributed by atoms with Crippen molar-refractivity contribution in [2.24, 2.45) is 4.99 Å². The monoisotopic (exact) mass is 462 g/mol. The molecule has 0 aliphatic rings. The van der Waals surface area contributed by atoms with Crippen LogP contribution in [0.25, 0.3) is 0 Å². The lowest BCUT2D eigenvalue weighted by molar-refractivity contribution is -0.248. The molecule has 0 heterocycles. The van der Waals surface area contributed by atoms with E-state index in [4.69, 9.17) is 11.6 Å². The summed E-state index contributed by atoms with van der Waals surface area (Å²) in [7, 11) is 1.81. The van der Waals surface area contributed by atoms with Gasteiger partial charge in [-0.2, -0.15) is 13.2 Å². The van der Waals surface area contributed by atoms with Crippen molar-refractivity contribution in [3.05, 3.63) is 62.6 Å². The van der Waals surface area contributed by atoms with Gasteiger partial charge >= 0.3 is 6.18 Å². The molecule has 0 fully saturated rings. The highest BCUT2D eigenvalue weighted by Crippen LogP contribution is 2.47. The summed E-state index contributed by atoms with van der Waals surface area (Å²) < 4.78 is 42.4. The van der Waals surface area contributed by atoms with Crippen LogP contribution < -0.4 is 0 Å². The van der Waals surface area contributed by atoms with Crippen molar-refractivity contribution in [2.75, 3.05) is 13.6 Å². The SMILES string of the molecule is CCN(C)C=Nc1cc(C)c(C(O)(c2ccc(Br)cc2)C(F)(F)F)cc1Cl. The van der Waals surface area contributed by atoms with Gasteiger partial charge in [0, 0.05) is 23.6 Å². The molecule has 1 N–H and O–H groups in total. The van der Waals surface area contributed by atoms with Crippen LogP contribution >= 0.6 is 27.5 Å². The van der Waals surface area contributed by atoms with Crippen LogP contribution in [-0.4, -0.2) is 36.1 Å². The fourth-order valence-corrected chi connectivity index (χ4v) is 3.04. The topological polar surface area (TPSA) is 35.8 Å². The minimum Gasteiger partial charge on any atom is -0.372 e. The Balaban J connectivity index is 2.62. The Morgan fingerprint density at radius 3 is 2.33 bits per heavy atom. The third kappa shape index (κ3) is 4.47. The Hall–Kier alpha value is -1.57. The summed E-state index contributed by atoms with van der Waals surface area (Å²) in [6, 6.07) is 7.92. The Morgan fingerprint density at radius 2 is 1.81 bits per heavy atom. The molecule has 1 unspecified atom stereocenters. The fraction of sp³-hybridized carbons (Fsp3) is 0.316. The zero-order valence-electron chi connectivity index (χ0n) is 15.0. The molecular weight excluding hydrogens is 445 g/mol. The van der Waals surface area contributed by atoms with Gasteiger partial charge in [0.05, 0.1) is 17.0 Å². The van der Waals surface area contributed by atoms with E-state index in [9.17, 15) is 18.3 Å². The number of aryl methyl sites for hydroxylation is 1. The van der Waals surface area contributed by atoms with E-state index < -0.39 is 11.8 Å². The highest BCUT2D eigenvalue weighted by molar-refractivity contribution is 9.10. The lowest BCUT2D eigenvalue weighted by atomic mass is 9.83. The third-order valence-corrected chi connectivity index (χ3v) is 5.08. The second-order valence-corrected chi connectivity index (χ2v) is 7.47. The van der Waals surface area contributed by atoms with Gasteiger partial charge in [0.1, 0.15) is 0 Å². The van der Waals surface area contributed by atoms with Crippen molar-refractivity contribution in [2.45, 2.75) is 25.6 Å². The number of hydrogen-bond donors (Lipinski definition) is 1. The van der Waals surface area contributed by atoms with E-state index in [1.54, 1.807) is 11.2 Å². The van der Waals surface area contributed by atoms with E-state index in [2.05, 4.69) is 20.9 Å². The smallest absolute Gasteiger partial charge is 0.372 e. The van der Waals surface area contributed by atoms with E-state index in [-0.39, 0.29) is 21.7 Å². The largest absolute Gasteiger partial charge is 0.425 e. The summed E-state index contributed by atoms with van der Waals surface area (Å²) >= 11 is 9.36. The number of rotatable bonds is 5. The minimum atomic E-state index is -4.94. The summed E-state index contributed by atoms with van der Waals surface area (Å²) in [5, 5.41) is 10.8. The van der Waals surface area contributed by atoms with Crippen LogP contribution in [0, 0.1) is 6.92 Å². The summed E-state index contributed by atoms with van der Waals surface area (Å²) in [5.74, 6) is 0. The highest BCUT2D eigenvalue weighted by atomic mass is 79.9. The second kappa shape index (κ2) is 8.20. The van der Waals surface area contributed by atoms with Gasteiger partial charge in [-0.1, -0.05) is 39.7 Å². The first-order valence-electron chi connectivity index (χ1n) is 8.11. The zero-order chi connectivity index (χ0) is 20.4. The van der Waals surface area contributed by atoms with Crippen molar-refractivity contribution in [3.8, 4) is 0 Å². The molecular formula is C19H19BrClF3N2O. The molecule has 0 radical (unpaired) electrons. The van der Waals surface area contributed by atoms with Gasteiger partial charge < -0.3 is 10.0 Å². The van der Waals surface area contributed by atoms with E-state index >= 15 is 0 Å².